The van der Waals surface area contributed by atoms with E-state index in [2.05, 4.69) is 0 Å². The largest absolute Gasteiger partial charge is 0.485 e. The third kappa shape index (κ3) is 5.80. The van der Waals surface area contributed by atoms with Crippen LogP contribution in [0.1, 0.15) is 61.7 Å². The van der Waals surface area contributed by atoms with Crippen LogP contribution in [-0.4, -0.2) is 46.0 Å². The average Bonchev–Trinajstić information content (AvgIpc) is 2.78. The van der Waals surface area contributed by atoms with Crippen LogP contribution in [0.4, 0.5) is 13.2 Å². The molecule has 1 atom stereocenters. The molecule has 36 heavy (non-hydrogen) atoms. The molecular formula is C25H19F3O8. The maximum Gasteiger partial charge on any atom is 0.416 e. The van der Waals surface area contributed by atoms with E-state index in [-0.39, 0.29) is 40.4 Å². The first kappa shape index (κ1) is 26.2. The number of carboxylic acid groups (broad SMARTS) is 2. The van der Waals surface area contributed by atoms with E-state index in [1.54, 1.807) is 0 Å². The van der Waals surface area contributed by atoms with Crippen LogP contribution < -0.4 is 9.47 Å². The Labute approximate surface area is 202 Å². The van der Waals surface area contributed by atoms with Crippen LogP contribution in [0, 0.1) is 0 Å². The molecule has 0 aromatic heterocycles. The Kier molecular flexibility index (Phi) is 7.32. The number of Topliss-reactive ketones (excluding diaryl/α,β-unsaturated/α-hetero) is 2. The molecule has 8 nitrogen and oxygen atoms in total. The number of alkyl halides is 3. The number of hydrogen-bond donors (Lipinski definition) is 2. The first-order valence-electron chi connectivity index (χ1n) is 10.4. The molecule has 0 saturated carbocycles. The average molecular weight is 504 g/mol. The molecule has 0 saturated heterocycles. The predicted molar refractivity (Wildman–Crippen MR) is 119 cm³/mol. The van der Waals surface area contributed by atoms with Gasteiger partial charge in [-0.05, 0) is 62.4 Å². The van der Waals surface area contributed by atoms with Gasteiger partial charge in [-0.15, -0.1) is 0 Å². The SMILES string of the molecule is CC(=O)c1ccc(OC2=CCC(Oc3ccc(C(C)=O)c(C(=O)O)c3)C(C(F)(F)F)=C2)cc1C(=O)O. The Bertz CT molecular complexity index is 1320. The third-order valence-electron chi connectivity index (χ3n) is 5.22. The maximum absolute atomic E-state index is 13.8. The summed E-state index contributed by atoms with van der Waals surface area (Å²) in [6, 6.07) is 6.85. The van der Waals surface area contributed by atoms with Gasteiger partial charge in [0, 0.05) is 17.5 Å². The molecule has 2 N–H and O–H groups in total. The number of ketones is 2. The number of aromatic carboxylic acids is 2. The molecule has 3 rings (SSSR count). The Morgan fingerprint density at radius 2 is 1.33 bits per heavy atom. The van der Waals surface area contributed by atoms with Crippen LogP contribution in [0.5, 0.6) is 11.5 Å². The smallest absolute Gasteiger partial charge is 0.416 e. The Morgan fingerprint density at radius 1 is 0.833 bits per heavy atom. The second-order valence-electron chi connectivity index (χ2n) is 7.79. The van der Waals surface area contributed by atoms with E-state index in [0.717, 1.165) is 25.1 Å². The van der Waals surface area contributed by atoms with Gasteiger partial charge in [0.25, 0.3) is 0 Å². The number of halogens is 3. The molecule has 0 bridgehead atoms. The topological polar surface area (TPSA) is 127 Å². The zero-order valence-corrected chi connectivity index (χ0v) is 18.9. The summed E-state index contributed by atoms with van der Waals surface area (Å²) in [6.45, 7) is 2.34. The number of allylic oxidation sites excluding steroid dienone is 1. The van der Waals surface area contributed by atoms with Gasteiger partial charge in [-0.3, -0.25) is 9.59 Å². The Morgan fingerprint density at radius 3 is 1.81 bits per heavy atom. The van der Waals surface area contributed by atoms with E-state index in [1.165, 1.54) is 31.2 Å². The highest BCUT2D eigenvalue weighted by Gasteiger charge is 2.41. The summed E-state index contributed by atoms with van der Waals surface area (Å²) >= 11 is 0. The summed E-state index contributed by atoms with van der Waals surface area (Å²) in [6.07, 6.45) is -4.71. The lowest BCUT2D eigenvalue weighted by Gasteiger charge is -2.26. The molecule has 1 aliphatic carbocycles. The maximum atomic E-state index is 13.8. The van der Waals surface area contributed by atoms with Crippen molar-refractivity contribution in [2.75, 3.05) is 0 Å². The minimum atomic E-state index is -4.84. The van der Waals surface area contributed by atoms with Gasteiger partial charge in [0.15, 0.2) is 11.6 Å². The second-order valence-corrected chi connectivity index (χ2v) is 7.79. The van der Waals surface area contributed by atoms with Gasteiger partial charge < -0.3 is 19.7 Å². The molecule has 11 heteroatoms. The fourth-order valence-corrected chi connectivity index (χ4v) is 3.55. The molecular weight excluding hydrogens is 485 g/mol. The van der Waals surface area contributed by atoms with E-state index in [0.29, 0.717) is 6.08 Å². The number of benzene rings is 2. The first-order valence-corrected chi connectivity index (χ1v) is 10.4. The molecule has 0 heterocycles. The summed E-state index contributed by atoms with van der Waals surface area (Å²) in [5.74, 6) is -4.37. The molecule has 1 aliphatic rings. The van der Waals surface area contributed by atoms with Crippen molar-refractivity contribution in [3.8, 4) is 11.5 Å². The zero-order chi connectivity index (χ0) is 26.8. The Hall–Kier alpha value is -4.41. The molecule has 2 aromatic carbocycles. The molecule has 2 aromatic rings. The number of carbonyl (C=O) groups is 4. The van der Waals surface area contributed by atoms with E-state index in [1.807, 2.05) is 0 Å². The van der Waals surface area contributed by atoms with Gasteiger partial charge in [-0.25, -0.2) is 9.59 Å². The van der Waals surface area contributed by atoms with Crippen molar-refractivity contribution in [3.63, 3.8) is 0 Å². The lowest BCUT2D eigenvalue weighted by Crippen LogP contribution is -2.31. The molecule has 188 valence electrons. The van der Waals surface area contributed by atoms with Gasteiger partial charge in [0.1, 0.15) is 23.4 Å². The van der Waals surface area contributed by atoms with E-state index in [9.17, 15) is 42.6 Å². The van der Waals surface area contributed by atoms with E-state index >= 15 is 0 Å². The second kappa shape index (κ2) is 10.1. The molecule has 0 radical (unpaired) electrons. The summed E-state index contributed by atoms with van der Waals surface area (Å²) < 4.78 is 52.3. The van der Waals surface area contributed by atoms with Crippen molar-refractivity contribution in [1.29, 1.82) is 0 Å². The lowest BCUT2D eigenvalue weighted by molar-refractivity contribution is -0.104. The van der Waals surface area contributed by atoms with Gasteiger partial charge in [0.2, 0.25) is 0 Å². The molecule has 0 amide bonds. The highest BCUT2D eigenvalue weighted by molar-refractivity contribution is 6.05. The number of ether oxygens (including phenoxy) is 2. The van der Waals surface area contributed by atoms with Gasteiger partial charge >= 0.3 is 18.1 Å². The number of rotatable bonds is 8. The first-order chi connectivity index (χ1) is 16.8. The van der Waals surface area contributed by atoms with Gasteiger partial charge in [-0.1, -0.05) is 0 Å². The standard InChI is InChI=1S/C25H19F3O8/c1-12(29)17-6-3-14(9-19(17)23(31)32)35-16-5-8-22(21(11-16)25(26,27)28)36-15-4-7-18(13(2)30)20(10-15)24(33)34/h3-7,9-11,22H,8H2,1-2H3,(H,31,32)(H,33,34). The summed E-state index contributed by atoms with van der Waals surface area (Å²) in [4.78, 5) is 46.1. The number of carbonyl (C=O) groups excluding carboxylic acids is 2. The fraction of sp³-hybridized carbons (Fsp3) is 0.200. The van der Waals surface area contributed by atoms with E-state index < -0.39 is 46.9 Å². The van der Waals surface area contributed by atoms with Crippen molar-refractivity contribution < 1.29 is 52.0 Å². The highest BCUT2D eigenvalue weighted by atomic mass is 19.4. The predicted octanol–water partition coefficient (Wildman–Crippen LogP) is 5.09. The van der Waals surface area contributed by atoms with Crippen LogP contribution in [0.15, 0.2) is 59.9 Å². The zero-order valence-electron chi connectivity index (χ0n) is 18.9. The summed E-state index contributed by atoms with van der Waals surface area (Å²) in [5, 5.41) is 18.6. The summed E-state index contributed by atoms with van der Waals surface area (Å²) in [7, 11) is 0. The van der Waals surface area contributed by atoms with Crippen molar-refractivity contribution in [1.82, 2.24) is 0 Å². The molecule has 0 aliphatic heterocycles. The van der Waals surface area contributed by atoms with Crippen LogP contribution in [0.2, 0.25) is 0 Å². The van der Waals surface area contributed by atoms with Crippen LogP contribution in [-0.2, 0) is 0 Å². The van der Waals surface area contributed by atoms with Gasteiger partial charge in [-0.2, -0.15) is 13.2 Å². The molecule has 0 spiro atoms. The van der Waals surface area contributed by atoms with Crippen LogP contribution >= 0.6 is 0 Å². The number of carboxylic acids is 2. The monoisotopic (exact) mass is 504 g/mol. The third-order valence-corrected chi connectivity index (χ3v) is 5.22. The van der Waals surface area contributed by atoms with Gasteiger partial charge in [0.05, 0.1) is 16.7 Å². The number of hydrogen-bond acceptors (Lipinski definition) is 6. The normalized spacial score (nSPS) is 15.4. The quantitative estimate of drug-likeness (QED) is 0.476. The molecule has 1 unspecified atom stereocenters. The highest BCUT2D eigenvalue weighted by Crippen LogP contribution is 2.36. The van der Waals surface area contributed by atoms with Crippen molar-refractivity contribution in [2.45, 2.75) is 32.5 Å². The van der Waals surface area contributed by atoms with Crippen molar-refractivity contribution in [2.24, 2.45) is 0 Å². The fourth-order valence-electron chi connectivity index (χ4n) is 3.55. The van der Waals surface area contributed by atoms with Crippen LogP contribution in [0.25, 0.3) is 0 Å². The summed E-state index contributed by atoms with van der Waals surface area (Å²) in [5.41, 5.74) is -2.08. The Balaban J connectivity index is 1.89. The van der Waals surface area contributed by atoms with E-state index in [4.69, 9.17) is 9.47 Å². The minimum Gasteiger partial charge on any atom is -0.485 e. The van der Waals surface area contributed by atoms with Crippen molar-refractivity contribution in [3.05, 3.63) is 82.1 Å². The minimum absolute atomic E-state index is 0.0796. The lowest BCUT2D eigenvalue weighted by atomic mass is 9.99. The van der Waals surface area contributed by atoms with Crippen molar-refractivity contribution >= 4 is 23.5 Å². The molecule has 0 fully saturated rings. The van der Waals surface area contributed by atoms with Crippen LogP contribution in [0.3, 0.4) is 0 Å².